The lowest BCUT2D eigenvalue weighted by Gasteiger charge is -2.01. The first-order valence-corrected chi connectivity index (χ1v) is 3.70. The highest BCUT2D eigenvalue weighted by molar-refractivity contribution is 5.93. The van der Waals surface area contributed by atoms with Gasteiger partial charge in [-0.05, 0) is 13.0 Å². The topological polar surface area (TPSA) is 104 Å². The van der Waals surface area contributed by atoms with Gasteiger partial charge in [-0.15, -0.1) is 15.3 Å². The quantitative estimate of drug-likeness (QED) is 0.580. The van der Waals surface area contributed by atoms with Crippen LogP contribution >= 0.6 is 0 Å². The Bertz CT molecular complexity index is 466. The second-order valence-electron chi connectivity index (χ2n) is 2.72. The molecule has 6 heteroatoms. The van der Waals surface area contributed by atoms with E-state index in [0.717, 1.165) is 5.69 Å². The number of nitrogens with two attached hydrogens (primary N) is 2. The van der Waals surface area contributed by atoms with Gasteiger partial charge in [0.1, 0.15) is 5.52 Å². The third-order valence-electron chi connectivity index (χ3n) is 1.70. The van der Waals surface area contributed by atoms with Gasteiger partial charge in [-0.25, -0.2) is 0 Å². The van der Waals surface area contributed by atoms with Crippen molar-refractivity contribution in [2.24, 2.45) is 0 Å². The summed E-state index contributed by atoms with van der Waals surface area (Å²) in [6.07, 6.45) is 0. The van der Waals surface area contributed by atoms with E-state index in [-0.39, 0.29) is 5.82 Å². The number of aryl methyl sites for hydroxylation is 1. The van der Waals surface area contributed by atoms with Crippen LogP contribution in [0.4, 0.5) is 11.6 Å². The Kier molecular flexibility index (Phi) is 1.48. The van der Waals surface area contributed by atoms with Crippen molar-refractivity contribution >= 4 is 22.5 Å². The van der Waals surface area contributed by atoms with Gasteiger partial charge in [0.25, 0.3) is 0 Å². The Morgan fingerprint density at radius 2 is 1.69 bits per heavy atom. The number of nitrogens with zero attached hydrogens (tertiary/aromatic N) is 4. The summed E-state index contributed by atoms with van der Waals surface area (Å²) in [5, 5.41) is 15.8. The predicted octanol–water partition coefficient (Wildman–Crippen LogP) is -0.107. The van der Waals surface area contributed by atoms with Crippen LogP contribution in [-0.2, 0) is 0 Å². The smallest absolute Gasteiger partial charge is 0.174 e. The van der Waals surface area contributed by atoms with Crippen LogP contribution in [0, 0.1) is 6.92 Å². The molecule has 0 aromatic carbocycles. The van der Waals surface area contributed by atoms with E-state index in [1.165, 1.54) is 0 Å². The summed E-state index contributed by atoms with van der Waals surface area (Å²) >= 11 is 0. The van der Waals surface area contributed by atoms with Crippen LogP contribution in [0.3, 0.4) is 0 Å². The van der Waals surface area contributed by atoms with E-state index in [1.54, 1.807) is 6.07 Å². The molecule has 0 aliphatic heterocycles. The van der Waals surface area contributed by atoms with E-state index in [9.17, 15) is 0 Å². The van der Waals surface area contributed by atoms with E-state index in [1.807, 2.05) is 6.92 Å². The molecule has 0 fully saturated rings. The molecule has 2 aromatic rings. The van der Waals surface area contributed by atoms with Crippen molar-refractivity contribution in [1.29, 1.82) is 0 Å². The molecule has 0 unspecified atom stereocenters. The lowest BCUT2D eigenvalue weighted by Crippen LogP contribution is -2.02. The SMILES string of the molecule is Cc1cc2c(N)nnc(N)c2nn1. The van der Waals surface area contributed by atoms with E-state index in [4.69, 9.17) is 11.5 Å². The summed E-state index contributed by atoms with van der Waals surface area (Å²) in [6.45, 7) is 1.82. The second kappa shape index (κ2) is 2.51. The van der Waals surface area contributed by atoms with Gasteiger partial charge >= 0.3 is 0 Å². The standard InChI is InChI=1S/C7H8N6/c1-3-2-4-5(11-10-3)7(9)13-12-6(4)8/h2H,1H3,(H2,8,12)(H2,9,13). The molecule has 6 nitrogen and oxygen atoms in total. The minimum absolute atomic E-state index is 0.247. The van der Waals surface area contributed by atoms with Crippen LogP contribution < -0.4 is 11.5 Å². The van der Waals surface area contributed by atoms with E-state index in [0.29, 0.717) is 16.7 Å². The maximum atomic E-state index is 5.60. The van der Waals surface area contributed by atoms with Gasteiger partial charge in [-0.3, -0.25) is 0 Å². The van der Waals surface area contributed by atoms with E-state index in [2.05, 4.69) is 20.4 Å². The summed E-state index contributed by atoms with van der Waals surface area (Å²) in [6, 6.07) is 1.78. The Balaban J connectivity index is 2.92. The number of nitrogen functional groups attached to an aromatic ring is 2. The van der Waals surface area contributed by atoms with Gasteiger partial charge in [0.05, 0.1) is 11.1 Å². The molecule has 0 atom stereocenters. The lowest BCUT2D eigenvalue weighted by molar-refractivity contribution is 0.996. The maximum absolute atomic E-state index is 5.60. The highest BCUT2D eigenvalue weighted by Crippen LogP contribution is 2.19. The lowest BCUT2D eigenvalue weighted by atomic mass is 10.2. The van der Waals surface area contributed by atoms with Crippen LogP contribution in [0.5, 0.6) is 0 Å². The van der Waals surface area contributed by atoms with Crippen molar-refractivity contribution in [3.8, 4) is 0 Å². The molecule has 0 amide bonds. The van der Waals surface area contributed by atoms with Crippen molar-refractivity contribution in [3.63, 3.8) is 0 Å². The number of fused-ring (bicyclic) bond motifs is 1. The van der Waals surface area contributed by atoms with Gasteiger partial charge in [-0.2, -0.15) is 5.10 Å². The van der Waals surface area contributed by atoms with Crippen LogP contribution in [0.25, 0.3) is 10.9 Å². The molecule has 0 saturated heterocycles. The van der Waals surface area contributed by atoms with Gasteiger partial charge < -0.3 is 11.5 Å². The molecule has 0 radical (unpaired) electrons. The highest BCUT2D eigenvalue weighted by Gasteiger charge is 2.06. The molecule has 2 heterocycles. The zero-order chi connectivity index (χ0) is 9.42. The third kappa shape index (κ3) is 1.12. The van der Waals surface area contributed by atoms with Crippen LogP contribution in [0.2, 0.25) is 0 Å². The molecule has 0 spiro atoms. The summed E-state index contributed by atoms with van der Waals surface area (Å²) in [4.78, 5) is 0. The number of aromatic nitrogens is 4. The fourth-order valence-electron chi connectivity index (χ4n) is 1.08. The molecule has 2 aromatic heterocycles. The number of rotatable bonds is 0. The molecule has 2 rings (SSSR count). The Hall–Kier alpha value is -1.98. The number of hydrogen-bond acceptors (Lipinski definition) is 6. The highest BCUT2D eigenvalue weighted by atomic mass is 15.2. The first kappa shape index (κ1) is 7.66. The third-order valence-corrected chi connectivity index (χ3v) is 1.70. The van der Waals surface area contributed by atoms with Crippen molar-refractivity contribution in [1.82, 2.24) is 20.4 Å². The summed E-state index contributed by atoms with van der Waals surface area (Å²) in [5.41, 5.74) is 12.4. The first-order valence-electron chi connectivity index (χ1n) is 3.70. The van der Waals surface area contributed by atoms with Gasteiger partial charge in [0.15, 0.2) is 11.6 Å². The van der Waals surface area contributed by atoms with Crippen molar-refractivity contribution in [3.05, 3.63) is 11.8 Å². The Labute approximate surface area is 74.0 Å². The van der Waals surface area contributed by atoms with Crippen molar-refractivity contribution in [2.45, 2.75) is 6.92 Å². The molecule has 0 aliphatic rings. The monoisotopic (exact) mass is 176 g/mol. The zero-order valence-corrected chi connectivity index (χ0v) is 7.02. The largest absolute Gasteiger partial charge is 0.382 e. The molecule has 0 saturated carbocycles. The second-order valence-corrected chi connectivity index (χ2v) is 2.72. The molecular formula is C7H8N6. The number of hydrogen-bond donors (Lipinski definition) is 2. The fraction of sp³-hybridized carbons (Fsp3) is 0.143. The minimum atomic E-state index is 0.247. The Morgan fingerprint density at radius 3 is 2.46 bits per heavy atom. The van der Waals surface area contributed by atoms with Gasteiger partial charge in [0, 0.05) is 0 Å². The van der Waals surface area contributed by atoms with Crippen LogP contribution in [0.15, 0.2) is 6.07 Å². The summed E-state index contributed by atoms with van der Waals surface area (Å²) < 4.78 is 0. The molecule has 4 N–H and O–H groups in total. The molecule has 0 aliphatic carbocycles. The zero-order valence-electron chi connectivity index (χ0n) is 7.02. The summed E-state index contributed by atoms with van der Waals surface area (Å²) in [5.74, 6) is 0.568. The molecule has 13 heavy (non-hydrogen) atoms. The first-order chi connectivity index (χ1) is 6.18. The van der Waals surface area contributed by atoms with Crippen LogP contribution in [-0.4, -0.2) is 20.4 Å². The average molecular weight is 176 g/mol. The van der Waals surface area contributed by atoms with Crippen molar-refractivity contribution in [2.75, 3.05) is 11.5 Å². The molecular weight excluding hydrogens is 168 g/mol. The molecule has 66 valence electrons. The predicted molar refractivity (Wildman–Crippen MR) is 48.7 cm³/mol. The summed E-state index contributed by atoms with van der Waals surface area (Å²) in [7, 11) is 0. The number of anilines is 2. The van der Waals surface area contributed by atoms with Crippen molar-refractivity contribution < 1.29 is 0 Å². The minimum Gasteiger partial charge on any atom is -0.382 e. The van der Waals surface area contributed by atoms with Crippen LogP contribution in [0.1, 0.15) is 5.69 Å². The normalized spacial score (nSPS) is 10.5. The Morgan fingerprint density at radius 1 is 1.00 bits per heavy atom. The van der Waals surface area contributed by atoms with Gasteiger partial charge in [-0.1, -0.05) is 0 Å². The van der Waals surface area contributed by atoms with E-state index >= 15 is 0 Å². The molecule has 0 bridgehead atoms. The van der Waals surface area contributed by atoms with E-state index < -0.39 is 0 Å². The maximum Gasteiger partial charge on any atom is 0.174 e. The fourth-order valence-corrected chi connectivity index (χ4v) is 1.08. The van der Waals surface area contributed by atoms with Gasteiger partial charge in [0.2, 0.25) is 0 Å². The average Bonchev–Trinajstić information content (AvgIpc) is 2.12.